The molecule has 22 rings (SSSR count). The van der Waals surface area contributed by atoms with Gasteiger partial charge in [-0.2, -0.15) is 0 Å². The van der Waals surface area contributed by atoms with Gasteiger partial charge in [0.15, 0.2) is 0 Å². The summed E-state index contributed by atoms with van der Waals surface area (Å²) in [6.07, 6.45) is 0. The summed E-state index contributed by atoms with van der Waals surface area (Å²) < 4.78 is 0. The van der Waals surface area contributed by atoms with Gasteiger partial charge >= 0.3 is 0 Å². The van der Waals surface area contributed by atoms with E-state index < -0.39 is 0 Å². The molecule has 0 heterocycles. The third kappa shape index (κ3) is 24.9. The highest BCUT2D eigenvalue weighted by Crippen LogP contribution is 2.38. The molecule has 0 aliphatic carbocycles. The summed E-state index contributed by atoms with van der Waals surface area (Å²) in [5.41, 5.74) is 39.3. The molecule has 0 unspecified atom stereocenters. The van der Waals surface area contributed by atoms with E-state index in [9.17, 15) is 0 Å². The number of hydrogen-bond donors (Lipinski definition) is 0. The number of fused-ring (bicyclic) bond motifs is 3. The van der Waals surface area contributed by atoms with E-state index in [0.717, 1.165) is 0 Å². The molecule has 133 heavy (non-hydrogen) atoms. The van der Waals surface area contributed by atoms with Gasteiger partial charge in [-0.3, -0.25) is 0 Å². The first-order valence-electron chi connectivity index (χ1n) is 46.0. The minimum Gasteiger partial charge on any atom is -0.0622 e. The normalized spacial score (nSPS) is 10.5. The average Bonchev–Trinajstić information content (AvgIpc) is 0.790. The van der Waals surface area contributed by atoms with Crippen LogP contribution in [0.15, 0.2) is 540 Å². The first-order chi connectivity index (χ1) is 65.3. The fourth-order valence-electron chi connectivity index (χ4n) is 16.8. The van der Waals surface area contributed by atoms with E-state index in [1.54, 1.807) is 0 Å². The molecule has 0 aliphatic rings. The Morgan fingerprint density at radius 3 is 0.624 bits per heavy atom. The van der Waals surface area contributed by atoms with Crippen molar-refractivity contribution < 1.29 is 0 Å². The van der Waals surface area contributed by atoms with E-state index in [1.165, 1.54) is 205 Å². The lowest BCUT2D eigenvalue weighted by Gasteiger charge is -2.11. The molecule has 0 atom stereocenters. The van der Waals surface area contributed by atoms with Crippen molar-refractivity contribution >= 4 is 32.3 Å². The summed E-state index contributed by atoms with van der Waals surface area (Å²) >= 11 is 0. The monoisotopic (exact) mass is 1710 g/mol. The Kier molecular flexibility index (Phi) is 30.5. The molecule has 0 aromatic heterocycles. The van der Waals surface area contributed by atoms with Gasteiger partial charge in [0.25, 0.3) is 0 Å². The Labute approximate surface area is 787 Å². The molecule has 0 heteroatoms. The van der Waals surface area contributed by atoms with Crippen LogP contribution in [0.25, 0.3) is 166 Å². The number of hydrogen-bond acceptors (Lipinski definition) is 0. The van der Waals surface area contributed by atoms with Crippen LogP contribution >= 0.6 is 0 Å². The van der Waals surface area contributed by atoms with Crippen LogP contribution in [0.1, 0.15) is 38.9 Å². The second-order valence-electron chi connectivity index (χ2n) is 34.1. The van der Waals surface area contributed by atoms with Gasteiger partial charge in [-0.05, 0) is 286 Å². The highest BCUT2D eigenvalue weighted by Gasteiger charge is 2.13. The topological polar surface area (TPSA) is 0 Å². The maximum atomic E-state index is 2.29. The molecule has 22 aromatic rings. The van der Waals surface area contributed by atoms with Gasteiger partial charge in [-0.25, -0.2) is 0 Å². The van der Waals surface area contributed by atoms with E-state index in [0.29, 0.717) is 0 Å². The van der Waals surface area contributed by atoms with Gasteiger partial charge in [-0.1, -0.05) is 508 Å². The summed E-state index contributed by atoms with van der Waals surface area (Å²) in [5.74, 6) is 0. The first kappa shape index (κ1) is 90.0. The summed E-state index contributed by atoms with van der Waals surface area (Å²) in [4.78, 5) is 0. The first-order valence-corrected chi connectivity index (χ1v) is 46.0. The molecule has 0 bridgehead atoms. The lowest BCUT2D eigenvalue weighted by Crippen LogP contribution is -1.86. The van der Waals surface area contributed by atoms with E-state index in [2.05, 4.69) is 588 Å². The lowest BCUT2D eigenvalue weighted by molar-refractivity contribution is 1.46. The molecule has 0 saturated heterocycles. The Bertz CT molecular complexity index is 7270. The predicted molar refractivity (Wildman–Crippen MR) is 576 cm³/mol. The maximum Gasteiger partial charge on any atom is -0.0155 e. The highest BCUT2D eigenvalue weighted by molar-refractivity contribution is 5.90. The molecule has 22 aromatic carbocycles. The fourth-order valence-corrected chi connectivity index (χ4v) is 16.8. The highest BCUT2D eigenvalue weighted by atomic mass is 14.2. The quantitative estimate of drug-likeness (QED) is 0.114. The van der Waals surface area contributed by atoms with Gasteiger partial charge < -0.3 is 0 Å². The van der Waals surface area contributed by atoms with E-state index in [4.69, 9.17) is 0 Å². The van der Waals surface area contributed by atoms with Crippen LogP contribution < -0.4 is 0 Å². The molecule has 0 fully saturated rings. The molecule has 0 nitrogen and oxygen atoms in total. The smallest absolute Gasteiger partial charge is 0.0155 e. The van der Waals surface area contributed by atoms with Crippen molar-refractivity contribution in [2.45, 2.75) is 48.5 Å². The number of rotatable bonds is 12. The predicted octanol–water partition coefficient (Wildman–Crippen LogP) is 37.4. The van der Waals surface area contributed by atoms with Crippen LogP contribution in [0, 0.1) is 48.5 Å². The molecule has 0 spiro atoms. The van der Waals surface area contributed by atoms with Crippen molar-refractivity contribution in [3.63, 3.8) is 0 Å². The second kappa shape index (κ2) is 45.1. The lowest BCUT2D eigenvalue weighted by atomic mass is 9.93. The largest absolute Gasteiger partial charge is 0.0622 e. The van der Waals surface area contributed by atoms with Gasteiger partial charge in [-0.15, -0.1) is 0 Å². The van der Waals surface area contributed by atoms with Crippen LogP contribution in [0.3, 0.4) is 0 Å². The van der Waals surface area contributed by atoms with Gasteiger partial charge in [0, 0.05) is 0 Å². The number of aryl methyl sites for hydroxylation is 7. The molecule has 0 aliphatic heterocycles. The van der Waals surface area contributed by atoms with Crippen LogP contribution in [0.2, 0.25) is 0 Å². The van der Waals surface area contributed by atoms with Crippen molar-refractivity contribution in [1.82, 2.24) is 0 Å². The standard InChI is InChI=1S/3C25H20.C19H16.C17H14.2C11H10/c1-19-9-8-14-22(15-19)25-17-23(20-10-4-2-5-11-20)16-24(18-25)21-12-6-3-7-13-21;1-19-16-24(21-10-6-3-7-11-21)18-25(17-19)23-14-12-22(13-15-23)20-8-4-2-5-9-20;1-19-12-14-22(15-13-19)25-17-23(20-8-4-2-5-9-20)16-24(18-25)21-10-6-3-7-11-21;1-15-12-18(16-8-4-2-5-9-16)14-19(13-15)17-10-6-3-7-11-17;1-13-6-8-15(9-7-13)17-11-10-14-4-2-3-5-16(14)12-17;1-9-5-4-7-10-6-2-3-8-11(9)10;1-9-6-7-10-4-2-3-5-11(10)8-9/h3*2-18H,1H3;2-14H,1H3;2-12H,1H3;2*2-8H,1H3. The van der Waals surface area contributed by atoms with Crippen LogP contribution in [0.4, 0.5) is 0 Å². The fraction of sp³-hybridized carbons (Fsp3) is 0.0526. The zero-order chi connectivity index (χ0) is 91.3. The van der Waals surface area contributed by atoms with Crippen molar-refractivity contribution in [1.29, 1.82) is 0 Å². The molecular formula is C133H110. The summed E-state index contributed by atoms with van der Waals surface area (Å²) in [6.45, 7) is 15.0. The summed E-state index contributed by atoms with van der Waals surface area (Å²) in [7, 11) is 0. The zero-order valence-electron chi connectivity index (χ0n) is 76.9. The van der Waals surface area contributed by atoms with E-state index in [1.807, 2.05) is 0 Å². The van der Waals surface area contributed by atoms with E-state index >= 15 is 0 Å². The van der Waals surface area contributed by atoms with Gasteiger partial charge in [0.2, 0.25) is 0 Å². The van der Waals surface area contributed by atoms with Crippen molar-refractivity contribution in [3.05, 3.63) is 579 Å². The van der Waals surface area contributed by atoms with Crippen LogP contribution in [-0.4, -0.2) is 0 Å². The molecule has 0 radical (unpaired) electrons. The van der Waals surface area contributed by atoms with Gasteiger partial charge in [0.05, 0.1) is 0 Å². The zero-order valence-corrected chi connectivity index (χ0v) is 76.9. The summed E-state index contributed by atoms with van der Waals surface area (Å²) in [5, 5.41) is 7.92. The molecule has 642 valence electrons. The Balaban J connectivity index is 0.000000115. The number of benzene rings is 22. The van der Waals surface area contributed by atoms with E-state index in [-0.39, 0.29) is 0 Å². The van der Waals surface area contributed by atoms with Crippen LogP contribution in [-0.2, 0) is 0 Å². The Hall–Kier alpha value is -16.4. The second-order valence-corrected chi connectivity index (χ2v) is 34.1. The molecule has 0 N–H and O–H groups in total. The Morgan fingerprint density at radius 2 is 0.286 bits per heavy atom. The molecule has 0 amide bonds. The third-order valence-electron chi connectivity index (χ3n) is 23.9. The minimum absolute atomic E-state index is 1.24. The summed E-state index contributed by atoms with van der Waals surface area (Å²) in [6, 6.07) is 192. The van der Waals surface area contributed by atoms with Crippen molar-refractivity contribution in [2.75, 3.05) is 0 Å². The minimum atomic E-state index is 1.24. The average molecular weight is 1710 g/mol. The van der Waals surface area contributed by atoms with Crippen LogP contribution in [0.5, 0.6) is 0 Å². The molecular weight excluding hydrogens is 1600 g/mol. The van der Waals surface area contributed by atoms with Gasteiger partial charge in [0.1, 0.15) is 0 Å². The SMILES string of the molecule is Cc1cc(-c2ccccc2)cc(-c2ccc(-c3ccccc3)cc2)c1.Cc1cc(-c2ccccc2)cc(-c2ccccc2)c1.Cc1ccc(-c2cc(-c3ccccc3)cc(-c3ccccc3)c2)cc1.Cc1ccc(-c2ccc3ccccc3c2)cc1.Cc1ccc2ccccc2c1.Cc1cccc(-c2cc(-c3ccccc3)cc(-c3ccccc3)c2)c1.Cc1cccc2ccccc12. The molecule has 0 saturated carbocycles. The van der Waals surface area contributed by atoms with Crippen molar-refractivity contribution in [3.8, 4) is 134 Å². The Morgan fingerprint density at radius 1 is 0.0902 bits per heavy atom. The van der Waals surface area contributed by atoms with Crippen molar-refractivity contribution in [2.24, 2.45) is 0 Å². The third-order valence-corrected chi connectivity index (χ3v) is 23.9. The maximum absolute atomic E-state index is 2.29.